The lowest BCUT2D eigenvalue weighted by Gasteiger charge is -2.35. The van der Waals surface area contributed by atoms with Crippen molar-refractivity contribution in [3.8, 4) is 0 Å². The van der Waals surface area contributed by atoms with Crippen LogP contribution in [0.25, 0.3) is 0 Å². The number of rotatable bonds is 3. The summed E-state index contributed by atoms with van der Waals surface area (Å²) in [6.07, 6.45) is 8.64. The maximum Gasteiger partial charge on any atom is 0.228 e. The van der Waals surface area contributed by atoms with Gasteiger partial charge in [-0.2, -0.15) is 0 Å². The molecule has 3 fully saturated rings. The first kappa shape index (κ1) is 16.8. The zero-order chi connectivity index (χ0) is 16.4. The molecule has 4 nitrogen and oxygen atoms in total. The SMILES string of the molecule is CCC1CCCN(C(=O)C2CC(=O)N(C3CCC(C)CC3)C2)C1. The summed E-state index contributed by atoms with van der Waals surface area (Å²) in [4.78, 5) is 29.3. The minimum Gasteiger partial charge on any atom is -0.342 e. The topological polar surface area (TPSA) is 40.6 Å². The van der Waals surface area contributed by atoms with Gasteiger partial charge in [0.25, 0.3) is 0 Å². The van der Waals surface area contributed by atoms with E-state index in [2.05, 4.69) is 13.8 Å². The Kier molecular flexibility index (Phi) is 5.27. The molecular weight excluding hydrogens is 288 g/mol. The molecule has 3 rings (SSSR count). The summed E-state index contributed by atoms with van der Waals surface area (Å²) < 4.78 is 0. The lowest BCUT2D eigenvalue weighted by atomic mass is 9.86. The van der Waals surface area contributed by atoms with Crippen molar-refractivity contribution in [2.75, 3.05) is 19.6 Å². The molecule has 0 bridgehead atoms. The molecule has 0 aromatic carbocycles. The first-order valence-corrected chi connectivity index (χ1v) is 9.66. The molecule has 2 heterocycles. The molecule has 4 heteroatoms. The first-order valence-electron chi connectivity index (χ1n) is 9.66. The van der Waals surface area contributed by atoms with Crippen molar-refractivity contribution in [1.82, 2.24) is 9.80 Å². The van der Waals surface area contributed by atoms with Crippen LogP contribution in [-0.2, 0) is 9.59 Å². The van der Waals surface area contributed by atoms with Crippen molar-refractivity contribution in [2.45, 2.75) is 71.3 Å². The van der Waals surface area contributed by atoms with Crippen LogP contribution in [0, 0.1) is 17.8 Å². The predicted octanol–water partition coefficient (Wildman–Crippen LogP) is 3.06. The second-order valence-corrected chi connectivity index (χ2v) is 8.06. The highest BCUT2D eigenvalue weighted by Crippen LogP contribution is 2.32. The van der Waals surface area contributed by atoms with Crippen LogP contribution < -0.4 is 0 Å². The summed E-state index contributed by atoms with van der Waals surface area (Å²) in [6.45, 7) is 6.98. The van der Waals surface area contributed by atoms with Gasteiger partial charge >= 0.3 is 0 Å². The van der Waals surface area contributed by atoms with Gasteiger partial charge in [0.1, 0.15) is 0 Å². The average molecular weight is 320 g/mol. The van der Waals surface area contributed by atoms with E-state index in [1.807, 2.05) is 9.80 Å². The fourth-order valence-electron chi connectivity index (χ4n) is 4.66. The number of carbonyl (C=O) groups excluding carboxylic acids is 2. The van der Waals surface area contributed by atoms with Crippen LogP contribution in [0.5, 0.6) is 0 Å². The Morgan fingerprint density at radius 3 is 2.57 bits per heavy atom. The van der Waals surface area contributed by atoms with Crippen molar-refractivity contribution in [2.24, 2.45) is 17.8 Å². The van der Waals surface area contributed by atoms with E-state index in [0.717, 1.165) is 44.7 Å². The summed E-state index contributed by atoms with van der Waals surface area (Å²) in [7, 11) is 0. The molecule has 2 atom stereocenters. The number of carbonyl (C=O) groups is 2. The van der Waals surface area contributed by atoms with Gasteiger partial charge in [0.2, 0.25) is 11.8 Å². The van der Waals surface area contributed by atoms with E-state index < -0.39 is 0 Å². The zero-order valence-corrected chi connectivity index (χ0v) is 14.8. The van der Waals surface area contributed by atoms with Crippen LogP contribution >= 0.6 is 0 Å². The molecule has 2 amide bonds. The Morgan fingerprint density at radius 2 is 1.87 bits per heavy atom. The Balaban J connectivity index is 1.57. The van der Waals surface area contributed by atoms with Gasteiger partial charge in [0.05, 0.1) is 5.92 Å². The van der Waals surface area contributed by atoms with Crippen molar-refractivity contribution < 1.29 is 9.59 Å². The van der Waals surface area contributed by atoms with Gasteiger partial charge in [-0.15, -0.1) is 0 Å². The largest absolute Gasteiger partial charge is 0.342 e. The Bertz CT molecular complexity index is 443. The molecule has 0 aromatic rings. The summed E-state index contributed by atoms with van der Waals surface area (Å²) in [5.41, 5.74) is 0. The molecule has 0 radical (unpaired) electrons. The van der Waals surface area contributed by atoms with E-state index in [4.69, 9.17) is 0 Å². The maximum absolute atomic E-state index is 12.8. The summed E-state index contributed by atoms with van der Waals surface area (Å²) in [6, 6.07) is 0.390. The van der Waals surface area contributed by atoms with E-state index in [-0.39, 0.29) is 17.7 Å². The fraction of sp³-hybridized carbons (Fsp3) is 0.895. The van der Waals surface area contributed by atoms with Gasteiger partial charge in [-0.25, -0.2) is 0 Å². The highest BCUT2D eigenvalue weighted by molar-refractivity contribution is 5.89. The van der Waals surface area contributed by atoms with Gasteiger partial charge < -0.3 is 9.80 Å². The average Bonchev–Trinajstić information content (AvgIpc) is 2.97. The number of piperidine rings is 1. The third-order valence-corrected chi connectivity index (χ3v) is 6.34. The number of nitrogens with zero attached hydrogens (tertiary/aromatic N) is 2. The van der Waals surface area contributed by atoms with Gasteiger partial charge in [-0.05, 0) is 50.4 Å². The van der Waals surface area contributed by atoms with E-state index in [1.54, 1.807) is 0 Å². The van der Waals surface area contributed by atoms with Crippen LogP contribution in [0.2, 0.25) is 0 Å². The second-order valence-electron chi connectivity index (χ2n) is 8.06. The third kappa shape index (κ3) is 3.72. The molecule has 2 unspecified atom stereocenters. The fourth-order valence-corrected chi connectivity index (χ4v) is 4.66. The highest BCUT2D eigenvalue weighted by Gasteiger charge is 2.40. The molecule has 23 heavy (non-hydrogen) atoms. The van der Waals surface area contributed by atoms with Gasteiger partial charge in [-0.3, -0.25) is 9.59 Å². The van der Waals surface area contributed by atoms with Gasteiger partial charge in [-0.1, -0.05) is 20.3 Å². The molecule has 2 saturated heterocycles. The van der Waals surface area contributed by atoms with Crippen molar-refractivity contribution in [3.63, 3.8) is 0 Å². The number of likely N-dealkylation sites (tertiary alicyclic amines) is 2. The van der Waals surface area contributed by atoms with Crippen molar-refractivity contribution >= 4 is 11.8 Å². The number of amides is 2. The molecular formula is C19H32N2O2. The molecule has 3 aliphatic rings. The van der Waals surface area contributed by atoms with Crippen molar-refractivity contribution in [1.29, 1.82) is 0 Å². The van der Waals surface area contributed by atoms with Crippen LogP contribution in [-0.4, -0.2) is 47.3 Å². The van der Waals surface area contributed by atoms with Crippen LogP contribution in [0.3, 0.4) is 0 Å². The highest BCUT2D eigenvalue weighted by atomic mass is 16.2. The standard InChI is InChI=1S/C19H32N2O2/c1-3-15-5-4-10-20(12-15)19(23)16-11-18(22)21(13-16)17-8-6-14(2)7-9-17/h14-17H,3-13H2,1-2H3. The molecule has 130 valence electrons. The molecule has 0 aromatic heterocycles. The first-order chi connectivity index (χ1) is 11.1. The predicted molar refractivity (Wildman–Crippen MR) is 90.8 cm³/mol. The van der Waals surface area contributed by atoms with Crippen molar-refractivity contribution in [3.05, 3.63) is 0 Å². The molecule has 2 aliphatic heterocycles. The quantitative estimate of drug-likeness (QED) is 0.802. The minimum absolute atomic E-state index is 0.0857. The minimum atomic E-state index is -0.0857. The van der Waals surface area contributed by atoms with Gasteiger partial charge in [0, 0.05) is 32.1 Å². The number of hydrogen-bond acceptors (Lipinski definition) is 2. The maximum atomic E-state index is 12.8. The summed E-state index contributed by atoms with van der Waals surface area (Å²) in [5, 5.41) is 0. The van der Waals surface area contributed by atoms with E-state index in [1.165, 1.54) is 19.3 Å². The summed E-state index contributed by atoms with van der Waals surface area (Å²) >= 11 is 0. The van der Waals surface area contributed by atoms with E-state index in [9.17, 15) is 9.59 Å². The molecule has 0 spiro atoms. The number of hydrogen-bond donors (Lipinski definition) is 0. The molecule has 1 saturated carbocycles. The zero-order valence-electron chi connectivity index (χ0n) is 14.8. The van der Waals surface area contributed by atoms with Crippen LogP contribution in [0.4, 0.5) is 0 Å². The molecule has 1 aliphatic carbocycles. The second kappa shape index (κ2) is 7.23. The Labute approximate surface area is 140 Å². The molecule has 0 N–H and O–H groups in total. The lowest BCUT2D eigenvalue weighted by Crippen LogP contribution is -2.44. The van der Waals surface area contributed by atoms with Crippen LogP contribution in [0.1, 0.15) is 65.2 Å². The normalized spacial score (nSPS) is 35.7. The third-order valence-electron chi connectivity index (χ3n) is 6.34. The Morgan fingerprint density at radius 1 is 1.13 bits per heavy atom. The smallest absolute Gasteiger partial charge is 0.228 e. The van der Waals surface area contributed by atoms with Crippen LogP contribution in [0.15, 0.2) is 0 Å². The monoisotopic (exact) mass is 320 g/mol. The van der Waals surface area contributed by atoms with E-state index >= 15 is 0 Å². The Hall–Kier alpha value is -1.06. The lowest BCUT2D eigenvalue weighted by molar-refractivity contribution is -0.137. The summed E-state index contributed by atoms with van der Waals surface area (Å²) in [5.74, 6) is 1.81. The van der Waals surface area contributed by atoms with E-state index in [0.29, 0.717) is 24.9 Å². The van der Waals surface area contributed by atoms with Gasteiger partial charge in [0.15, 0.2) is 0 Å².